The average molecular weight is 261 g/mol. The lowest BCUT2D eigenvalue weighted by Crippen LogP contribution is -2.12. The van der Waals surface area contributed by atoms with Crippen molar-refractivity contribution >= 4 is 21.7 Å². The maximum atomic E-state index is 10.2. The van der Waals surface area contributed by atoms with Crippen LogP contribution in [0.4, 0.5) is 0 Å². The van der Waals surface area contributed by atoms with Gasteiger partial charge in [0.2, 0.25) is 0 Å². The fourth-order valence-electron chi connectivity index (χ4n) is 2.34. The summed E-state index contributed by atoms with van der Waals surface area (Å²) in [6.07, 6.45) is 4.44. The molecule has 0 radical (unpaired) electrons. The third-order valence-corrected chi connectivity index (χ3v) is 4.46. The smallest absolute Gasteiger partial charge is 0.162 e. The summed E-state index contributed by atoms with van der Waals surface area (Å²) in [5, 5.41) is 12.4. The average Bonchev–Trinajstić information content (AvgIpc) is 2.26. The Morgan fingerprint density at radius 2 is 1.67 bits per heavy atom. The SMILES string of the molecule is C[S+](C)c1ccc(C(C)(C)C)c2c(O)cccc12. The van der Waals surface area contributed by atoms with E-state index >= 15 is 0 Å². The number of fused-ring (bicyclic) bond motifs is 1. The standard InChI is InChI=1S/C16H20OS/c1-16(2,3)12-9-10-14(18(4)5)11-7-6-8-13(17)15(11)12/h6-10H,1-5H3/p+1. The van der Waals surface area contributed by atoms with Gasteiger partial charge in [-0.1, -0.05) is 32.9 Å². The number of benzene rings is 2. The Morgan fingerprint density at radius 3 is 2.22 bits per heavy atom. The van der Waals surface area contributed by atoms with Crippen molar-refractivity contribution in [2.24, 2.45) is 0 Å². The van der Waals surface area contributed by atoms with Crippen molar-refractivity contribution in [2.45, 2.75) is 31.1 Å². The van der Waals surface area contributed by atoms with Crippen LogP contribution < -0.4 is 0 Å². The van der Waals surface area contributed by atoms with Crippen molar-refractivity contribution in [1.29, 1.82) is 0 Å². The van der Waals surface area contributed by atoms with Crippen LogP contribution in [0.1, 0.15) is 26.3 Å². The van der Waals surface area contributed by atoms with Crippen LogP contribution in [0.15, 0.2) is 35.2 Å². The molecule has 0 amide bonds. The molecule has 0 saturated heterocycles. The van der Waals surface area contributed by atoms with Gasteiger partial charge in [-0.3, -0.25) is 0 Å². The minimum atomic E-state index is 0.0374. The van der Waals surface area contributed by atoms with Crippen LogP contribution in [0.2, 0.25) is 0 Å². The molecule has 2 aromatic carbocycles. The molecule has 0 spiro atoms. The molecule has 2 rings (SSSR count). The lowest BCUT2D eigenvalue weighted by Gasteiger charge is -2.22. The lowest BCUT2D eigenvalue weighted by molar-refractivity contribution is 0.479. The van der Waals surface area contributed by atoms with Crippen LogP contribution in [0.3, 0.4) is 0 Å². The zero-order chi connectivity index (χ0) is 13.5. The Bertz CT molecular complexity index is 579. The number of phenols is 1. The molecule has 2 heteroatoms. The molecule has 0 fully saturated rings. The van der Waals surface area contributed by atoms with E-state index in [4.69, 9.17) is 0 Å². The molecule has 0 bridgehead atoms. The van der Waals surface area contributed by atoms with Gasteiger partial charge in [-0.15, -0.1) is 0 Å². The summed E-state index contributed by atoms with van der Waals surface area (Å²) in [7, 11) is 0.192. The monoisotopic (exact) mass is 261 g/mol. The van der Waals surface area contributed by atoms with Crippen LogP contribution in [0, 0.1) is 0 Å². The predicted octanol–water partition coefficient (Wildman–Crippen LogP) is 4.08. The van der Waals surface area contributed by atoms with E-state index in [0.29, 0.717) is 5.75 Å². The summed E-state index contributed by atoms with van der Waals surface area (Å²) < 4.78 is 0. The summed E-state index contributed by atoms with van der Waals surface area (Å²) in [6, 6.07) is 10.2. The minimum absolute atomic E-state index is 0.0374. The molecule has 0 aliphatic heterocycles. The quantitative estimate of drug-likeness (QED) is 0.767. The zero-order valence-electron chi connectivity index (χ0n) is 11.7. The third kappa shape index (κ3) is 2.22. The fraction of sp³-hybridized carbons (Fsp3) is 0.375. The van der Waals surface area contributed by atoms with E-state index < -0.39 is 0 Å². The van der Waals surface area contributed by atoms with Gasteiger partial charge in [0.1, 0.15) is 18.3 Å². The van der Waals surface area contributed by atoms with E-state index in [1.54, 1.807) is 6.07 Å². The molecule has 0 aliphatic carbocycles. The molecule has 2 aromatic rings. The lowest BCUT2D eigenvalue weighted by atomic mass is 9.83. The van der Waals surface area contributed by atoms with Gasteiger partial charge in [-0.2, -0.15) is 0 Å². The molecule has 0 aromatic heterocycles. The molecule has 1 N–H and O–H groups in total. The van der Waals surface area contributed by atoms with Gasteiger partial charge >= 0.3 is 0 Å². The van der Waals surface area contributed by atoms with Crippen molar-refractivity contribution < 1.29 is 5.11 Å². The predicted molar refractivity (Wildman–Crippen MR) is 81.8 cm³/mol. The molecule has 0 unspecified atom stereocenters. The first-order valence-corrected chi connectivity index (χ1v) is 8.19. The van der Waals surface area contributed by atoms with Crippen molar-refractivity contribution in [3.8, 4) is 5.75 Å². The van der Waals surface area contributed by atoms with E-state index in [1.165, 1.54) is 15.8 Å². The summed E-state index contributed by atoms with van der Waals surface area (Å²) in [4.78, 5) is 1.33. The van der Waals surface area contributed by atoms with E-state index in [9.17, 15) is 5.11 Å². The molecule has 0 saturated carbocycles. The van der Waals surface area contributed by atoms with Crippen LogP contribution in [0.5, 0.6) is 5.75 Å². The van der Waals surface area contributed by atoms with E-state index in [0.717, 1.165) is 5.39 Å². The van der Waals surface area contributed by atoms with Gasteiger partial charge in [0, 0.05) is 21.7 Å². The number of hydrogen-bond acceptors (Lipinski definition) is 1. The Hall–Kier alpha value is -1.15. The molecule has 0 heterocycles. The molecule has 18 heavy (non-hydrogen) atoms. The zero-order valence-corrected chi connectivity index (χ0v) is 12.6. The summed E-state index contributed by atoms with van der Waals surface area (Å²) >= 11 is 0. The molecular formula is C16H21OS+. The number of phenolic OH excluding ortho intramolecular Hbond substituents is 1. The second kappa shape index (κ2) is 4.51. The summed E-state index contributed by atoms with van der Waals surface area (Å²) in [6.45, 7) is 6.56. The van der Waals surface area contributed by atoms with Gasteiger partial charge in [-0.25, -0.2) is 0 Å². The number of rotatable bonds is 1. The van der Waals surface area contributed by atoms with E-state index in [-0.39, 0.29) is 16.3 Å². The molecule has 1 nitrogen and oxygen atoms in total. The van der Waals surface area contributed by atoms with E-state index in [1.807, 2.05) is 6.07 Å². The van der Waals surface area contributed by atoms with Crippen molar-refractivity contribution in [2.75, 3.05) is 12.5 Å². The highest BCUT2D eigenvalue weighted by Crippen LogP contribution is 2.38. The van der Waals surface area contributed by atoms with Crippen molar-refractivity contribution in [3.63, 3.8) is 0 Å². The first-order valence-electron chi connectivity index (χ1n) is 6.15. The van der Waals surface area contributed by atoms with Gasteiger partial charge in [0.15, 0.2) is 4.90 Å². The highest BCUT2D eigenvalue weighted by atomic mass is 32.2. The van der Waals surface area contributed by atoms with Gasteiger partial charge in [-0.05, 0) is 29.2 Å². The second-order valence-corrected chi connectivity index (χ2v) is 7.95. The normalized spacial score (nSPS) is 12.3. The van der Waals surface area contributed by atoms with Crippen LogP contribution in [0.25, 0.3) is 10.8 Å². The Kier molecular flexibility index (Phi) is 3.33. The molecule has 0 aliphatic rings. The van der Waals surface area contributed by atoms with Crippen LogP contribution in [-0.4, -0.2) is 17.6 Å². The molecular weight excluding hydrogens is 240 g/mol. The van der Waals surface area contributed by atoms with E-state index in [2.05, 4.69) is 51.5 Å². The van der Waals surface area contributed by atoms with Crippen molar-refractivity contribution in [1.82, 2.24) is 0 Å². The van der Waals surface area contributed by atoms with Crippen LogP contribution >= 0.6 is 0 Å². The summed E-state index contributed by atoms with van der Waals surface area (Å²) in [5.74, 6) is 0.393. The molecule has 0 atom stereocenters. The topological polar surface area (TPSA) is 20.2 Å². The Morgan fingerprint density at radius 1 is 1.00 bits per heavy atom. The van der Waals surface area contributed by atoms with Gasteiger partial charge in [0.25, 0.3) is 0 Å². The first kappa shape index (κ1) is 13.3. The van der Waals surface area contributed by atoms with Gasteiger partial charge in [0.05, 0.1) is 0 Å². The number of aromatic hydroxyl groups is 1. The maximum Gasteiger partial charge on any atom is 0.162 e. The largest absolute Gasteiger partial charge is 0.507 e. The second-order valence-electron chi connectivity index (χ2n) is 5.88. The third-order valence-electron chi connectivity index (χ3n) is 3.23. The van der Waals surface area contributed by atoms with Gasteiger partial charge < -0.3 is 5.11 Å². The first-order chi connectivity index (χ1) is 8.32. The summed E-state index contributed by atoms with van der Waals surface area (Å²) in [5.41, 5.74) is 1.25. The van der Waals surface area contributed by atoms with Crippen molar-refractivity contribution in [3.05, 3.63) is 35.9 Å². The Labute approximate surface area is 112 Å². The molecule has 96 valence electrons. The van der Waals surface area contributed by atoms with Crippen LogP contribution in [-0.2, 0) is 16.3 Å². The Balaban J connectivity index is 2.90. The maximum absolute atomic E-state index is 10.2. The number of hydrogen-bond donors (Lipinski definition) is 1. The minimum Gasteiger partial charge on any atom is -0.507 e. The highest BCUT2D eigenvalue weighted by Gasteiger charge is 2.23. The highest BCUT2D eigenvalue weighted by molar-refractivity contribution is 7.95. The fourth-order valence-corrected chi connectivity index (χ4v) is 3.29.